The molecule has 0 bridgehead atoms. The molecule has 2 aliphatic rings. The molecule has 2 heterocycles. The van der Waals surface area contributed by atoms with E-state index in [0.717, 1.165) is 24.1 Å². The number of carbonyl (C=O) groups excluding carboxylic acids is 2. The fraction of sp³-hybridized carbons (Fsp3) is 0.429. The van der Waals surface area contributed by atoms with Gasteiger partial charge in [-0.25, -0.2) is 4.39 Å². The third-order valence-electron chi connectivity index (χ3n) is 5.44. The van der Waals surface area contributed by atoms with E-state index < -0.39 is 0 Å². The first-order valence-corrected chi connectivity index (χ1v) is 9.58. The zero-order valence-corrected chi connectivity index (χ0v) is 15.5. The number of halogens is 1. The lowest BCUT2D eigenvalue weighted by Gasteiger charge is -2.38. The van der Waals surface area contributed by atoms with Gasteiger partial charge in [0.05, 0.1) is 6.04 Å². The Bertz CT molecular complexity index is 859. The van der Waals surface area contributed by atoms with Crippen molar-refractivity contribution < 1.29 is 14.0 Å². The van der Waals surface area contributed by atoms with Crippen molar-refractivity contribution in [1.82, 2.24) is 14.4 Å². The number of carbonyl (C=O) groups is 2. The maximum Gasteiger partial charge on any atom is 0.243 e. The SMILES string of the molecule is CCC(=O)N(CC(=O)N1CCn2cccc2[C@H]1c1cccc(F)c1)C1CC1. The molecular formula is C21H24FN3O2. The second kappa shape index (κ2) is 7.18. The molecule has 27 heavy (non-hydrogen) atoms. The van der Waals surface area contributed by atoms with E-state index in [1.165, 1.54) is 12.1 Å². The number of hydrogen-bond acceptors (Lipinski definition) is 2. The van der Waals surface area contributed by atoms with E-state index in [4.69, 9.17) is 0 Å². The number of nitrogens with zero attached hydrogens (tertiary/aromatic N) is 3. The highest BCUT2D eigenvalue weighted by atomic mass is 19.1. The van der Waals surface area contributed by atoms with Crippen LogP contribution in [0.1, 0.15) is 43.5 Å². The first-order chi connectivity index (χ1) is 13.1. The van der Waals surface area contributed by atoms with Gasteiger partial charge in [0.15, 0.2) is 0 Å². The van der Waals surface area contributed by atoms with E-state index in [1.54, 1.807) is 15.9 Å². The lowest BCUT2D eigenvalue weighted by molar-refractivity contribution is -0.142. The minimum absolute atomic E-state index is 0.0218. The Morgan fingerprint density at radius 2 is 2.00 bits per heavy atom. The predicted molar refractivity (Wildman–Crippen MR) is 99.4 cm³/mol. The highest BCUT2D eigenvalue weighted by molar-refractivity contribution is 5.85. The Kier molecular flexibility index (Phi) is 4.72. The van der Waals surface area contributed by atoms with Crippen LogP contribution in [-0.4, -0.2) is 45.3 Å². The van der Waals surface area contributed by atoms with Gasteiger partial charge >= 0.3 is 0 Å². The number of hydrogen-bond donors (Lipinski definition) is 0. The van der Waals surface area contributed by atoms with Crippen LogP contribution in [0.15, 0.2) is 42.6 Å². The molecular weight excluding hydrogens is 345 g/mol. The molecule has 0 saturated heterocycles. The van der Waals surface area contributed by atoms with E-state index >= 15 is 0 Å². The molecule has 2 aromatic rings. The average molecular weight is 369 g/mol. The average Bonchev–Trinajstić information content (AvgIpc) is 3.40. The number of rotatable bonds is 5. The molecule has 1 aromatic heterocycles. The molecule has 0 radical (unpaired) electrons. The van der Waals surface area contributed by atoms with Crippen LogP contribution in [0.5, 0.6) is 0 Å². The minimum Gasteiger partial charge on any atom is -0.348 e. The number of benzene rings is 1. The Morgan fingerprint density at radius 1 is 1.19 bits per heavy atom. The normalized spacial score (nSPS) is 18.9. The van der Waals surface area contributed by atoms with Crippen molar-refractivity contribution in [2.24, 2.45) is 0 Å². The molecule has 1 fully saturated rings. The van der Waals surface area contributed by atoms with Crippen LogP contribution in [0, 0.1) is 5.82 Å². The van der Waals surface area contributed by atoms with E-state index in [2.05, 4.69) is 4.57 Å². The Labute approximate surface area is 158 Å². The topological polar surface area (TPSA) is 45.6 Å². The van der Waals surface area contributed by atoms with Gasteiger partial charge in [0.25, 0.3) is 0 Å². The van der Waals surface area contributed by atoms with Crippen LogP contribution in [0.2, 0.25) is 0 Å². The standard InChI is InChI=1S/C21H24FN3O2/c1-2-19(26)25(17-8-9-17)14-20(27)24-12-11-23-10-4-7-18(23)21(24)15-5-3-6-16(22)13-15/h3-7,10,13,17,21H,2,8-9,11-12,14H2,1H3/t21-/m1/s1. The van der Waals surface area contributed by atoms with Gasteiger partial charge in [0.1, 0.15) is 12.4 Å². The highest BCUT2D eigenvalue weighted by Gasteiger charge is 2.37. The van der Waals surface area contributed by atoms with Crippen molar-refractivity contribution >= 4 is 11.8 Å². The fourth-order valence-electron chi connectivity index (χ4n) is 3.93. The van der Waals surface area contributed by atoms with Gasteiger partial charge in [0, 0.05) is 37.4 Å². The number of fused-ring (bicyclic) bond motifs is 1. The van der Waals surface area contributed by atoms with Crippen molar-refractivity contribution in [2.45, 2.75) is 44.8 Å². The maximum absolute atomic E-state index is 13.9. The summed E-state index contributed by atoms with van der Waals surface area (Å²) >= 11 is 0. The first kappa shape index (κ1) is 17.8. The lowest BCUT2D eigenvalue weighted by atomic mass is 9.99. The molecule has 4 rings (SSSR count). The van der Waals surface area contributed by atoms with Crippen molar-refractivity contribution in [1.29, 1.82) is 0 Å². The van der Waals surface area contributed by atoms with E-state index in [0.29, 0.717) is 19.5 Å². The summed E-state index contributed by atoms with van der Waals surface area (Å²) in [6.07, 6.45) is 4.32. The Hall–Kier alpha value is -2.63. The van der Waals surface area contributed by atoms with Gasteiger partial charge in [-0.3, -0.25) is 9.59 Å². The second-order valence-corrected chi connectivity index (χ2v) is 7.28. The van der Waals surface area contributed by atoms with Gasteiger partial charge < -0.3 is 14.4 Å². The zero-order valence-electron chi connectivity index (χ0n) is 15.5. The summed E-state index contributed by atoms with van der Waals surface area (Å²) in [6, 6.07) is 10.2. The molecule has 0 spiro atoms. The Morgan fingerprint density at radius 3 is 2.70 bits per heavy atom. The summed E-state index contributed by atoms with van der Waals surface area (Å²) in [5, 5.41) is 0. The molecule has 142 valence electrons. The summed E-state index contributed by atoms with van der Waals surface area (Å²) in [6.45, 7) is 3.17. The molecule has 1 saturated carbocycles. The monoisotopic (exact) mass is 369 g/mol. The quantitative estimate of drug-likeness (QED) is 0.813. The molecule has 0 N–H and O–H groups in total. The maximum atomic E-state index is 13.9. The van der Waals surface area contributed by atoms with Gasteiger partial charge in [-0.15, -0.1) is 0 Å². The van der Waals surface area contributed by atoms with Gasteiger partial charge in [-0.1, -0.05) is 19.1 Å². The lowest BCUT2D eigenvalue weighted by Crippen LogP contribution is -2.48. The van der Waals surface area contributed by atoms with Crippen LogP contribution in [0.4, 0.5) is 4.39 Å². The smallest absolute Gasteiger partial charge is 0.243 e. The van der Waals surface area contributed by atoms with Gasteiger partial charge in [-0.2, -0.15) is 0 Å². The molecule has 1 aromatic carbocycles. The van der Waals surface area contributed by atoms with E-state index in [1.807, 2.05) is 31.3 Å². The summed E-state index contributed by atoms with van der Waals surface area (Å²) in [5.41, 5.74) is 1.72. The molecule has 5 nitrogen and oxygen atoms in total. The summed E-state index contributed by atoms with van der Waals surface area (Å²) in [5.74, 6) is -0.372. The van der Waals surface area contributed by atoms with Gasteiger partial charge in [-0.05, 0) is 42.7 Å². The molecule has 2 amide bonds. The summed E-state index contributed by atoms with van der Waals surface area (Å²) < 4.78 is 16.0. The third-order valence-corrected chi connectivity index (χ3v) is 5.44. The van der Waals surface area contributed by atoms with Crippen LogP contribution >= 0.6 is 0 Å². The molecule has 1 aliphatic carbocycles. The zero-order chi connectivity index (χ0) is 19.0. The van der Waals surface area contributed by atoms with E-state index in [-0.39, 0.29) is 36.3 Å². The predicted octanol–water partition coefficient (Wildman–Crippen LogP) is 2.96. The number of amides is 2. The van der Waals surface area contributed by atoms with Crippen LogP contribution in [0.25, 0.3) is 0 Å². The number of aromatic nitrogens is 1. The van der Waals surface area contributed by atoms with Crippen LogP contribution in [0.3, 0.4) is 0 Å². The largest absolute Gasteiger partial charge is 0.348 e. The molecule has 1 aliphatic heterocycles. The molecule has 1 atom stereocenters. The van der Waals surface area contributed by atoms with Crippen LogP contribution < -0.4 is 0 Å². The molecule has 0 unspecified atom stereocenters. The minimum atomic E-state index is -0.338. The second-order valence-electron chi connectivity index (χ2n) is 7.28. The third kappa shape index (κ3) is 3.48. The summed E-state index contributed by atoms with van der Waals surface area (Å²) in [4.78, 5) is 29.0. The molecule has 6 heteroatoms. The highest BCUT2D eigenvalue weighted by Crippen LogP contribution is 2.34. The van der Waals surface area contributed by atoms with Crippen molar-refractivity contribution in [3.05, 3.63) is 59.7 Å². The van der Waals surface area contributed by atoms with Crippen molar-refractivity contribution in [3.63, 3.8) is 0 Å². The first-order valence-electron chi connectivity index (χ1n) is 9.58. The van der Waals surface area contributed by atoms with Crippen molar-refractivity contribution in [2.75, 3.05) is 13.1 Å². The fourth-order valence-corrected chi connectivity index (χ4v) is 3.93. The van der Waals surface area contributed by atoms with Crippen LogP contribution in [-0.2, 0) is 16.1 Å². The van der Waals surface area contributed by atoms with E-state index in [9.17, 15) is 14.0 Å². The summed E-state index contributed by atoms with van der Waals surface area (Å²) in [7, 11) is 0. The Balaban J connectivity index is 1.64. The van der Waals surface area contributed by atoms with Gasteiger partial charge in [0.2, 0.25) is 11.8 Å². The van der Waals surface area contributed by atoms with Crippen molar-refractivity contribution in [3.8, 4) is 0 Å².